The topological polar surface area (TPSA) is 109 Å². The van der Waals surface area contributed by atoms with Gasteiger partial charge in [0.05, 0.1) is 17.8 Å². The van der Waals surface area contributed by atoms with Crippen molar-refractivity contribution in [2.24, 2.45) is 7.05 Å². The zero-order valence-electron chi connectivity index (χ0n) is 24.7. The standard InChI is InChI=1S/C31H37N9O2/c1-7-12-39-29(41)23-18-32-30(35-28(23)40(39)27-10-8-9-26(34-27)31(3,4)42)33-21-16-24-22(11-13-37(24)6)25(17-21)38-15-14-36(5)19-20(38)2/h7-11,13,16-18,20,42H,1,12,14-15,19H2,2-6H3,(H,32,33,35)/t20-/m0/s1. The van der Waals surface area contributed by atoms with Gasteiger partial charge in [0.1, 0.15) is 11.0 Å². The molecule has 0 amide bonds. The van der Waals surface area contributed by atoms with Crippen molar-refractivity contribution in [2.75, 3.05) is 36.9 Å². The maximum absolute atomic E-state index is 13.4. The van der Waals surface area contributed by atoms with Gasteiger partial charge in [-0.3, -0.25) is 4.79 Å². The van der Waals surface area contributed by atoms with Crippen LogP contribution in [0.1, 0.15) is 26.5 Å². The first-order chi connectivity index (χ1) is 20.0. The van der Waals surface area contributed by atoms with Crippen molar-refractivity contribution in [3.63, 3.8) is 0 Å². The van der Waals surface area contributed by atoms with Crippen LogP contribution in [0.5, 0.6) is 0 Å². The van der Waals surface area contributed by atoms with E-state index in [0.29, 0.717) is 34.5 Å². The van der Waals surface area contributed by atoms with Gasteiger partial charge in [0.15, 0.2) is 11.5 Å². The minimum Gasteiger partial charge on any atom is -0.384 e. The largest absolute Gasteiger partial charge is 0.384 e. The number of nitrogens with zero attached hydrogens (tertiary/aromatic N) is 8. The SMILES string of the molecule is C=CCn1c(=O)c2cnc(Nc3cc(N4CCN(C)C[C@@H]4C)c4ccn(C)c4c3)nc2n1-c1cccc(C(C)(C)O)n1. The minimum atomic E-state index is -1.15. The predicted molar refractivity (Wildman–Crippen MR) is 167 cm³/mol. The quantitative estimate of drug-likeness (QED) is 0.286. The highest BCUT2D eigenvalue weighted by Crippen LogP contribution is 2.34. The number of aliphatic hydroxyl groups is 1. The van der Waals surface area contributed by atoms with Gasteiger partial charge < -0.3 is 24.8 Å². The van der Waals surface area contributed by atoms with E-state index in [1.807, 2.05) is 7.05 Å². The summed E-state index contributed by atoms with van der Waals surface area (Å²) < 4.78 is 5.30. The monoisotopic (exact) mass is 567 g/mol. The molecule has 2 N–H and O–H groups in total. The molecular weight excluding hydrogens is 530 g/mol. The fourth-order valence-corrected chi connectivity index (χ4v) is 5.78. The first kappa shape index (κ1) is 27.7. The zero-order chi connectivity index (χ0) is 29.8. The lowest BCUT2D eigenvalue weighted by Gasteiger charge is -2.40. The van der Waals surface area contributed by atoms with Crippen LogP contribution in [0.2, 0.25) is 0 Å². The number of allylic oxidation sites excluding steroid dienone is 1. The highest BCUT2D eigenvalue weighted by Gasteiger charge is 2.25. The van der Waals surface area contributed by atoms with Crippen molar-refractivity contribution in [1.82, 2.24) is 33.8 Å². The normalized spacial score (nSPS) is 16.4. The number of aromatic nitrogens is 6. The fraction of sp³-hybridized carbons (Fsp3) is 0.355. The van der Waals surface area contributed by atoms with Crippen molar-refractivity contribution < 1.29 is 5.11 Å². The molecule has 5 aromatic rings. The van der Waals surface area contributed by atoms with Crippen LogP contribution in [-0.2, 0) is 19.2 Å². The molecule has 5 heterocycles. The number of aryl methyl sites for hydroxylation is 1. The molecule has 1 saturated heterocycles. The Balaban J connectivity index is 1.46. The third-order valence-corrected chi connectivity index (χ3v) is 7.93. The van der Waals surface area contributed by atoms with E-state index in [9.17, 15) is 9.90 Å². The van der Waals surface area contributed by atoms with Gasteiger partial charge in [-0.15, -0.1) is 6.58 Å². The number of rotatable bonds is 7. The number of hydrogen-bond donors (Lipinski definition) is 2. The molecule has 1 fully saturated rings. The maximum atomic E-state index is 13.4. The maximum Gasteiger partial charge on any atom is 0.278 e. The Hall–Kier alpha value is -4.48. The van der Waals surface area contributed by atoms with Gasteiger partial charge in [0.25, 0.3) is 5.56 Å². The van der Waals surface area contributed by atoms with Crippen LogP contribution < -0.4 is 15.8 Å². The average Bonchev–Trinajstić information content (AvgIpc) is 3.45. The van der Waals surface area contributed by atoms with Crippen LogP contribution in [0, 0.1) is 0 Å². The summed E-state index contributed by atoms with van der Waals surface area (Å²) in [5, 5.41) is 15.6. The lowest BCUT2D eigenvalue weighted by atomic mass is 10.1. The molecule has 1 aliphatic heterocycles. The van der Waals surface area contributed by atoms with Crippen molar-refractivity contribution in [2.45, 2.75) is 39.0 Å². The lowest BCUT2D eigenvalue weighted by molar-refractivity contribution is 0.0738. The van der Waals surface area contributed by atoms with Gasteiger partial charge in [-0.2, -0.15) is 4.98 Å². The summed E-state index contributed by atoms with van der Waals surface area (Å²) in [6, 6.07) is 12.1. The number of piperazine rings is 1. The molecule has 1 aliphatic rings. The van der Waals surface area contributed by atoms with Crippen LogP contribution >= 0.6 is 0 Å². The molecule has 0 radical (unpaired) electrons. The minimum absolute atomic E-state index is 0.247. The molecule has 6 rings (SSSR count). The molecule has 0 saturated carbocycles. The number of pyridine rings is 1. The van der Waals surface area contributed by atoms with E-state index in [-0.39, 0.29) is 12.1 Å². The van der Waals surface area contributed by atoms with Gasteiger partial charge >= 0.3 is 0 Å². The third kappa shape index (κ3) is 4.84. The molecule has 218 valence electrons. The van der Waals surface area contributed by atoms with E-state index in [2.05, 4.69) is 74.6 Å². The Kier molecular flexibility index (Phi) is 6.86. The highest BCUT2D eigenvalue weighted by atomic mass is 16.3. The van der Waals surface area contributed by atoms with Crippen molar-refractivity contribution in [3.05, 3.63) is 77.5 Å². The van der Waals surface area contributed by atoms with E-state index in [1.54, 1.807) is 49.0 Å². The summed E-state index contributed by atoms with van der Waals surface area (Å²) in [5.74, 6) is 0.821. The summed E-state index contributed by atoms with van der Waals surface area (Å²) in [6.07, 6.45) is 5.28. The summed E-state index contributed by atoms with van der Waals surface area (Å²) in [7, 11) is 4.21. The summed E-state index contributed by atoms with van der Waals surface area (Å²) in [4.78, 5) is 32.2. The number of nitrogens with one attached hydrogen (secondary N) is 1. The Morgan fingerprint density at radius 2 is 1.95 bits per heavy atom. The van der Waals surface area contributed by atoms with Gasteiger partial charge in [-0.05, 0) is 58.2 Å². The fourth-order valence-electron chi connectivity index (χ4n) is 5.78. The number of hydrogen-bond acceptors (Lipinski definition) is 8. The average molecular weight is 568 g/mol. The van der Waals surface area contributed by atoms with Crippen LogP contribution in [0.3, 0.4) is 0 Å². The molecular formula is C31H37N9O2. The van der Waals surface area contributed by atoms with E-state index >= 15 is 0 Å². The molecule has 0 spiro atoms. The molecule has 4 aromatic heterocycles. The van der Waals surface area contributed by atoms with E-state index < -0.39 is 5.60 Å². The number of anilines is 3. The second-order valence-electron chi connectivity index (χ2n) is 11.6. The van der Waals surface area contributed by atoms with Crippen molar-refractivity contribution >= 4 is 39.3 Å². The van der Waals surface area contributed by atoms with E-state index in [4.69, 9.17) is 4.98 Å². The second kappa shape index (κ2) is 10.4. The zero-order valence-corrected chi connectivity index (χ0v) is 24.7. The molecule has 11 heteroatoms. The molecule has 0 aliphatic carbocycles. The lowest BCUT2D eigenvalue weighted by Crippen LogP contribution is -2.50. The number of likely N-dealkylation sites (N-methyl/N-ethyl adjacent to an activating group) is 1. The predicted octanol–water partition coefficient (Wildman–Crippen LogP) is 3.77. The molecule has 1 atom stereocenters. The number of benzene rings is 1. The van der Waals surface area contributed by atoms with E-state index in [0.717, 1.165) is 30.8 Å². The second-order valence-corrected chi connectivity index (χ2v) is 11.6. The Labute approximate surface area is 244 Å². The highest BCUT2D eigenvalue weighted by molar-refractivity contribution is 5.96. The van der Waals surface area contributed by atoms with Gasteiger partial charge in [0, 0.05) is 61.9 Å². The summed E-state index contributed by atoms with van der Waals surface area (Å²) >= 11 is 0. The molecule has 42 heavy (non-hydrogen) atoms. The summed E-state index contributed by atoms with van der Waals surface area (Å²) in [6.45, 7) is 12.6. The Morgan fingerprint density at radius 1 is 1.14 bits per heavy atom. The molecule has 0 bridgehead atoms. The molecule has 1 aromatic carbocycles. The molecule has 11 nitrogen and oxygen atoms in total. The van der Waals surface area contributed by atoms with Crippen LogP contribution in [0.4, 0.5) is 17.3 Å². The van der Waals surface area contributed by atoms with E-state index in [1.165, 1.54) is 15.8 Å². The van der Waals surface area contributed by atoms with Gasteiger partial charge in [0.2, 0.25) is 5.95 Å². The van der Waals surface area contributed by atoms with Crippen LogP contribution in [0.25, 0.3) is 27.8 Å². The number of fused-ring (bicyclic) bond motifs is 2. The third-order valence-electron chi connectivity index (χ3n) is 7.93. The van der Waals surface area contributed by atoms with Gasteiger partial charge in [-0.25, -0.2) is 19.3 Å². The Bertz CT molecular complexity index is 1860. The van der Waals surface area contributed by atoms with Crippen molar-refractivity contribution in [3.8, 4) is 5.82 Å². The van der Waals surface area contributed by atoms with Crippen LogP contribution in [-0.4, -0.2) is 71.6 Å². The molecule has 0 unspecified atom stereocenters. The van der Waals surface area contributed by atoms with Crippen LogP contribution in [0.15, 0.2) is 66.2 Å². The van der Waals surface area contributed by atoms with Crippen molar-refractivity contribution in [1.29, 1.82) is 0 Å². The van der Waals surface area contributed by atoms with Gasteiger partial charge in [-0.1, -0.05) is 12.1 Å². The summed E-state index contributed by atoms with van der Waals surface area (Å²) in [5.41, 5.74) is 2.61. The first-order valence-electron chi connectivity index (χ1n) is 14.2. The Morgan fingerprint density at radius 3 is 2.69 bits per heavy atom. The first-order valence-corrected chi connectivity index (χ1v) is 14.2. The smallest absolute Gasteiger partial charge is 0.278 e.